The summed E-state index contributed by atoms with van der Waals surface area (Å²) in [7, 11) is 1.82. The minimum absolute atomic E-state index is 0.322. The number of amides is 1. The highest BCUT2D eigenvalue weighted by Crippen LogP contribution is 2.51. The lowest BCUT2D eigenvalue weighted by Gasteiger charge is -2.55. The van der Waals surface area contributed by atoms with Gasteiger partial charge in [0.25, 0.3) is 0 Å². The van der Waals surface area contributed by atoms with E-state index in [0.717, 1.165) is 51.0 Å². The molecule has 6 nitrogen and oxygen atoms in total. The molecule has 1 aliphatic carbocycles. The molecule has 3 aliphatic rings. The summed E-state index contributed by atoms with van der Waals surface area (Å²) >= 11 is 0. The SMILES string of the molecule is COC1(c2cccc(C(N)=O)c2)C2CCCC1CN(CCC1=CN=NC1)C2. The van der Waals surface area contributed by atoms with Crippen LogP contribution in [0.1, 0.15) is 41.6 Å². The Hall–Kier alpha value is -2.05. The van der Waals surface area contributed by atoms with E-state index in [1.807, 2.05) is 25.4 Å². The summed E-state index contributed by atoms with van der Waals surface area (Å²) in [5.74, 6) is 0.460. The molecule has 1 saturated heterocycles. The molecule has 2 N–H and O–H groups in total. The zero-order valence-corrected chi connectivity index (χ0v) is 15.9. The van der Waals surface area contributed by atoms with E-state index >= 15 is 0 Å². The third-order valence-electron chi connectivity index (χ3n) is 6.56. The second kappa shape index (κ2) is 7.52. The number of primary amides is 1. The Kier molecular flexibility index (Phi) is 5.10. The summed E-state index contributed by atoms with van der Waals surface area (Å²) in [6.45, 7) is 3.84. The lowest BCUT2D eigenvalue weighted by atomic mass is 9.62. The number of methoxy groups -OCH3 is 1. The van der Waals surface area contributed by atoms with E-state index in [2.05, 4.69) is 21.2 Å². The summed E-state index contributed by atoms with van der Waals surface area (Å²) in [6, 6.07) is 7.76. The van der Waals surface area contributed by atoms with Gasteiger partial charge < -0.3 is 15.4 Å². The topological polar surface area (TPSA) is 80.3 Å². The number of nitrogens with zero attached hydrogens (tertiary/aromatic N) is 3. The van der Waals surface area contributed by atoms with E-state index in [9.17, 15) is 4.79 Å². The Morgan fingerprint density at radius 2 is 2.11 bits per heavy atom. The van der Waals surface area contributed by atoms with Gasteiger partial charge in [0.2, 0.25) is 5.91 Å². The van der Waals surface area contributed by atoms with Crippen LogP contribution < -0.4 is 5.73 Å². The first-order chi connectivity index (χ1) is 13.1. The zero-order valence-electron chi connectivity index (χ0n) is 15.9. The lowest BCUT2D eigenvalue weighted by Crippen LogP contribution is -2.59. The van der Waals surface area contributed by atoms with Crippen LogP contribution in [-0.4, -0.2) is 44.1 Å². The van der Waals surface area contributed by atoms with Crippen LogP contribution in [0.15, 0.2) is 46.3 Å². The zero-order chi connectivity index (χ0) is 18.9. The Morgan fingerprint density at radius 1 is 1.33 bits per heavy atom. The van der Waals surface area contributed by atoms with Crippen molar-refractivity contribution >= 4 is 5.91 Å². The van der Waals surface area contributed by atoms with Crippen molar-refractivity contribution in [1.82, 2.24) is 4.90 Å². The highest BCUT2D eigenvalue weighted by atomic mass is 16.5. The van der Waals surface area contributed by atoms with Gasteiger partial charge in [-0.1, -0.05) is 18.6 Å². The van der Waals surface area contributed by atoms with E-state index in [1.165, 1.54) is 12.0 Å². The Labute approximate surface area is 160 Å². The van der Waals surface area contributed by atoms with Gasteiger partial charge >= 0.3 is 0 Å². The number of fused-ring (bicyclic) bond motifs is 2. The molecule has 0 spiro atoms. The fraction of sp³-hybridized carbons (Fsp3) is 0.571. The molecular formula is C21H28N4O2. The minimum atomic E-state index is -0.383. The molecule has 4 rings (SSSR count). The second-order valence-electron chi connectivity index (χ2n) is 7.98. The number of azo groups is 1. The molecule has 2 bridgehead atoms. The Bertz CT molecular complexity index is 759. The fourth-order valence-corrected chi connectivity index (χ4v) is 5.29. The van der Waals surface area contributed by atoms with Gasteiger partial charge in [-0.3, -0.25) is 4.79 Å². The molecule has 2 aliphatic heterocycles. The summed E-state index contributed by atoms with van der Waals surface area (Å²) < 4.78 is 6.27. The first kappa shape index (κ1) is 18.3. The average Bonchev–Trinajstić information content (AvgIpc) is 3.19. The van der Waals surface area contributed by atoms with Gasteiger partial charge in [-0.2, -0.15) is 10.2 Å². The van der Waals surface area contributed by atoms with Crippen molar-refractivity contribution in [3.8, 4) is 0 Å². The predicted molar refractivity (Wildman–Crippen MR) is 103 cm³/mol. The lowest BCUT2D eigenvalue weighted by molar-refractivity contribution is -0.168. The van der Waals surface area contributed by atoms with Gasteiger partial charge in [0.05, 0.1) is 12.7 Å². The molecule has 2 unspecified atom stereocenters. The molecule has 1 amide bonds. The normalized spacial score (nSPS) is 30.3. The van der Waals surface area contributed by atoms with E-state index in [4.69, 9.17) is 10.5 Å². The number of nitrogens with two attached hydrogens (primary N) is 1. The Morgan fingerprint density at radius 3 is 2.74 bits per heavy atom. The standard InChI is InChI=1S/C21H28N4O2/c1-27-21(17-5-2-4-16(10-17)20(22)26)18-6-3-7-19(21)14-25(13-18)9-8-15-11-23-24-12-15/h2,4-5,10-11,18-19H,3,6-9,12-14H2,1H3,(H2,22,26). The first-order valence-electron chi connectivity index (χ1n) is 9.86. The highest BCUT2D eigenvalue weighted by Gasteiger charge is 2.53. The summed E-state index contributed by atoms with van der Waals surface area (Å²) in [4.78, 5) is 14.3. The van der Waals surface area contributed by atoms with Crippen molar-refractivity contribution in [2.45, 2.75) is 31.3 Å². The van der Waals surface area contributed by atoms with E-state index < -0.39 is 0 Å². The van der Waals surface area contributed by atoms with Gasteiger partial charge in [0.15, 0.2) is 0 Å². The van der Waals surface area contributed by atoms with Crippen molar-refractivity contribution in [2.24, 2.45) is 27.8 Å². The third kappa shape index (κ3) is 3.32. The minimum Gasteiger partial charge on any atom is -0.373 e. The smallest absolute Gasteiger partial charge is 0.248 e. The maximum Gasteiger partial charge on any atom is 0.248 e. The summed E-state index contributed by atoms with van der Waals surface area (Å²) in [6.07, 6.45) is 6.47. The number of carbonyl (C=O) groups excluding carboxylic acids is 1. The van der Waals surface area contributed by atoms with Gasteiger partial charge in [0, 0.05) is 44.1 Å². The molecular weight excluding hydrogens is 340 g/mol. The van der Waals surface area contributed by atoms with Crippen LogP contribution in [0.5, 0.6) is 0 Å². The quantitative estimate of drug-likeness (QED) is 0.838. The highest BCUT2D eigenvalue weighted by molar-refractivity contribution is 5.92. The van der Waals surface area contributed by atoms with Crippen molar-refractivity contribution in [1.29, 1.82) is 0 Å². The maximum atomic E-state index is 11.7. The van der Waals surface area contributed by atoms with Crippen molar-refractivity contribution in [3.63, 3.8) is 0 Å². The van der Waals surface area contributed by atoms with Crippen LogP contribution >= 0.6 is 0 Å². The number of hydrogen-bond donors (Lipinski definition) is 1. The van der Waals surface area contributed by atoms with Crippen molar-refractivity contribution in [3.05, 3.63) is 47.2 Å². The molecule has 0 aromatic heterocycles. The van der Waals surface area contributed by atoms with Gasteiger partial charge in [-0.05, 0) is 42.5 Å². The summed E-state index contributed by atoms with van der Waals surface area (Å²) in [5.41, 5.74) is 8.18. The van der Waals surface area contributed by atoms with Crippen LogP contribution in [-0.2, 0) is 10.3 Å². The Balaban J connectivity index is 1.57. The number of piperidine rings is 1. The van der Waals surface area contributed by atoms with Crippen molar-refractivity contribution < 1.29 is 9.53 Å². The van der Waals surface area contributed by atoms with E-state index in [0.29, 0.717) is 17.4 Å². The monoisotopic (exact) mass is 368 g/mol. The van der Waals surface area contributed by atoms with E-state index in [-0.39, 0.29) is 11.5 Å². The van der Waals surface area contributed by atoms with Gasteiger partial charge in [-0.25, -0.2) is 0 Å². The average molecular weight is 368 g/mol. The molecule has 27 heavy (non-hydrogen) atoms. The second-order valence-corrected chi connectivity index (χ2v) is 7.98. The molecule has 1 saturated carbocycles. The molecule has 144 valence electrons. The molecule has 6 heteroatoms. The number of rotatable bonds is 6. The first-order valence-corrected chi connectivity index (χ1v) is 9.86. The molecule has 1 aromatic rings. The molecule has 2 heterocycles. The maximum absolute atomic E-state index is 11.7. The fourth-order valence-electron chi connectivity index (χ4n) is 5.29. The van der Waals surface area contributed by atoms with Crippen LogP contribution in [0.4, 0.5) is 0 Å². The van der Waals surface area contributed by atoms with Crippen LogP contribution in [0.3, 0.4) is 0 Å². The van der Waals surface area contributed by atoms with Crippen LogP contribution in [0.25, 0.3) is 0 Å². The largest absolute Gasteiger partial charge is 0.373 e. The summed E-state index contributed by atoms with van der Waals surface area (Å²) in [5, 5.41) is 8.01. The number of hydrogen-bond acceptors (Lipinski definition) is 5. The van der Waals surface area contributed by atoms with Gasteiger partial charge in [-0.15, -0.1) is 0 Å². The molecule has 2 fully saturated rings. The number of carbonyl (C=O) groups is 1. The van der Waals surface area contributed by atoms with E-state index in [1.54, 1.807) is 6.07 Å². The third-order valence-corrected chi connectivity index (χ3v) is 6.56. The number of likely N-dealkylation sites (tertiary alicyclic amines) is 1. The predicted octanol–water partition coefficient (Wildman–Crippen LogP) is 3.10. The molecule has 2 atom stereocenters. The number of ether oxygens (including phenoxy) is 1. The van der Waals surface area contributed by atoms with Gasteiger partial charge in [0.1, 0.15) is 5.60 Å². The number of benzene rings is 1. The van der Waals surface area contributed by atoms with Crippen LogP contribution in [0.2, 0.25) is 0 Å². The molecule has 1 aromatic carbocycles. The van der Waals surface area contributed by atoms with Crippen LogP contribution in [0, 0.1) is 11.8 Å². The molecule has 0 radical (unpaired) electrons. The van der Waals surface area contributed by atoms with Crippen molar-refractivity contribution in [2.75, 3.05) is 33.3 Å².